The molecule has 30 heavy (non-hydrogen) atoms. The van der Waals surface area contributed by atoms with Gasteiger partial charge in [0.2, 0.25) is 5.92 Å². The molecule has 7 nitrogen and oxygen atoms in total. The Bertz CT molecular complexity index is 1080. The van der Waals surface area contributed by atoms with Crippen LogP contribution >= 0.6 is 0 Å². The van der Waals surface area contributed by atoms with E-state index < -0.39 is 17.8 Å². The number of methoxy groups -OCH3 is 1. The number of pyridine rings is 2. The van der Waals surface area contributed by atoms with Crippen molar-refractivity contribution in [2.45, 2.75) is 37.5 Å². The van der Waals surface area contributed by atoms with Gasteiger partial charge in [0.25, 0.3) is 0 Å². The highest BCUT2D eigenvalue weighted by molar-refractivity contribution is 6.05. The summed E-state index contributed by atoms with van der Waals surface area (Å²) in [5.74, 6) is -2.48. The van der Waals surface area contributed by atoms with Gasteiger partial charge >= 0.3 is 6.03 Å². The highest BCUT2D eigenvalue weighted by Crippen LogP contribution is 2.43. The van der Waals surface area contributed by atoms with Crippen molar-refractivity contribution in [3.05, 3.63) is 42.1 Å². The first-order valence-corrected chi connectivity index (χ1v) is 9.47. The summed E-state index contributed by atoms with van der Waals surface area (Å²) >= 11 is 0. The number of fused-ring (bicyclic) bond motifs is 1. The molecule has 0 radical (unpaired) electrons. The third-order valence-corrected chi connectivity index (χ3v) is 5.26. The molecule has 3 heterocycles. The Balaban J connectivity index is 1.46. The fraction of sp³-hybridized carbons (Fsp3) is 0.350. The number of ether oxygens (including phenoxy) is 1. The van der Waals surface area contributed by atoms with Gasteiger partial charge in [-0.25, -0.2) is 27.9 Å². The van der Waals surface area contributed by atoms with Crippen LogP contribution in [0, 0.1) is 5.82 Å². The number of nitrogens with one attached hydrogen (secondary N) is 3. The molecule has 4 rings (SSSR count). The molecule has 1 aliphatic carbocycles. The SMILES string of the molecule is COc1cc(NC(=O)Nc2c[nH]c3ncc(F)cc23)ncc1C1CCC(F)(F)CC1. The zero-order valence-corrected chi connectivity index (χ0v) is 16.1. The number of carbonyl (C=O) groups excluding carboxylic acids is 1. The van der Waals surface area contributed by atoms with Crippen molar-refractivity contribution in [1.29, 1.82) is 0 Å². The summed E-state index contributed by atoms with van der Waals surface area (Å²) in [7, 11) is 1.48. The molecule has 0 spiro atoms. The van der Waals surface area contributed by atoms with Crippen molar-refractivity contribution in [3.8, 4) is 5.75 Å². The van der Waals surface area contributed by atoms with E-state index in [-0.39, 0.29) is 24.6 Å². The molecule has 1 saturated carbocycles. The third-order valence-electron chi connectivity index (χ3n) is 5.26. The van der Waals surface area contributed by atoms with E-state index in [0.717, 1.165) is 11.8 Å². The van der Waals surface area contributed by atoms with E-state index in [9.17, 15) is 18.0 Å². The first-order valence-electron chi connectivity index (χ1n) is 9.47. The lowest BCUT2D eigenvalue weighted by Gasteiger charge is -2.29. The van der Waals surface area contributed by atoms with Crippen LogP contribution in [-0.4, -0.2) is 34.0 Å². The molecule has 0 saturated heterocycles. The lowest BCUT2D eigenvalue weighted by molar-refractivity contribution is -0.0383. The Morgan fingerprint density at radius 3 is 2.70 bits per heavy atom. The van der Waals surface area contributed by atoms with Crippen LogP contribution in [0.3, 0.4) is 0 Å². The highest BCUT2D eigenvalue weighted by Gasteiger charge is 2.36. The second kappa shape index (κ2) is 7.85. The van der Waals surface area contributed by atoms with Crippen molar-refractivity contribution in [1.82, 2.24) is 15.0 Å². The molecule has 10 heteroatoms. The van der Waals surface area contributed by atoms with Crippen molar-refractivity contribution < 1.29 is 22.7 Å². The van der Waals surface area contributed by atoms with Crippen LogP contribution in [0.25, 0.3) is 11.0 Å². The molecular weight excluding hydrogens is 399 g/mol. The Kier molecular flexibility index (Phi) is 5.23. The number of anilines is 2. The van der Waals surface area contributed by atoms with Crippen molar-refractivity contribution >= 4 is 28.6 Å². The minimum atomic E-state index is -2.61. The number of aromatic amines is 1. The molecular formula is C20H20F3N5O2. The monoisotopic (exact) mass is 419 g/mol. The predicted molar refractivity (Wildman–Crippen MR) is 106 cm³/mol. The molecule has 0 aromatic carbocycles. The van der Waals surface area contributed by atoms with Gasteiger partial charge in [0.1, 0.15) is 23.0 Å². The van der Waals surface area contributed by atoms with Gasteiger partial charge in [0, 0.05) is 42.3 Å². The van der Waals surface area contributed by atoms with Gasteiger partial charge in [0.05, 0.1) is 19.0 Å². The van der Waals surface area contributed by atoms with E-state index in [1.807, 2.05) is 0 Å². The van der Waals surface area contributed by atoms with E-state index in [1.165, 1.54) is 19.4 Å². The van der Waals surface area contributed by atoms with E-state index in [1.54, 1.807) is 12.3 Å². The second-order valence-corrected chi connectivity index (χ2v) is 7.27. The van der Waals surface area contributed by atoms with E-state index in [4.69, 9.17) is 4.74 Å². The number of urea groups is 1. The normalized spacial score (nSPS) is 16.4. The highest BCUT2D eigenvalue weighted by atomic mass is 19.3. The Labute approximate surface area is 170 Å². The molecule has 1 aliphatic rings. The third kappa shape index (κ3) is 4.17. The maximum atomic E-state index is 13.4. The van der Waals surface area contributed by atoms with Crippen LogP contribution in [-0.2, 0) is 0 Å². The van der Waals surface area contributed by atoms with Gasteiger partial charge in [-0.15, -0.1) is 0 Å². The lowest BCUT2D eigenvalue weighted by atomic mass is 9.82. The summed E-state index contributed by atoms with van der Waals surface area (Å²) in [6.07, 6.45) is 4.51. The summed E-state index contributed by atoms with van der Waals surface area (Å²) in [6, 6.07) is 2.23. The zero-order chi connectivity index (χ0) is 21.3. The number of nitrogens with zero attached hydrogens (tertiary/aromatic N) is 2. The van der Waals surface area contributed by atoms with Crippen LogP contribution in [0.2, 0.25) is 0 Å². The predicted octanol–water partition coefficient (Wildman–Crippen LogP) is 5.04. The fourth-order valence-electron chi connectivity index (χ4n) is 3.70. The van der Waals surface area contributed by atoms with Gasteiger partial charge in [0.15, 0.2) is 0 Å². The minimum absolute atomic E-state index is 0.0661. The lowest BCUT2D eigenvalue weighted by Crippen LogP contribution is -2.24. The summed E-state index contributed by atoms with van der Waals surface area (Å²) in [5.41, 5.74) is 1.55. The van der Waals surface area contributed by atoms with Crippen molar-refractivity contribution in [2.24, 2.45) is 0 Å². The molecule has 158 valence electrons. The topological polar surface area (TPSA) is 91.9 Å². The van der Waals surface area contributed by atoms with Crippen LogP contribution in [0.5, 0.6) is 5.75 Å². The van der Waals surface area contributed by atoms with Crippen LogP contribution in [0.4, 0.5) is 29.5 Å². The Morgan fingerprint density at radius 1 is 1.20 bits per heavy atom. The Hall–Kier alpha value is -3.30. The average molecular weight is 419 g/mol. The van der Waals surface area contributed by atoms with Crippen molar-refractivity contribution in [2.75, 3.05) is 17.7 Å². The fourth-order valence-corrected chi connectivity index (χ4v) is 3.70. The molecule has 0 bridgehead atoms. The minimum Gasteiger partial charge on any atom is -0.496 e. The number of halogens is 3. The smallest absolute Gasteiger partial charge is 0.324 e. The number of amides is 2. The maximum absolute atomic E-state index is 13.4. The molecule has 3 aromatic heterocycles. The number of hydrogen-bond acceptors (Lipinski definition) is 4. The van der Waals surface area contributed by atoms with Crippen LogP contribution < -0.4 is 15.4 Å². The van der Waals surface area contributed by atoms with Gasteiger partial charge in [-0.05, 0) is 24.8 Å². The summed E-state index contributed by atoms with van der Waals surface area (Å²) in [5, 5.41) is 5.63. The molecule has 1 fully saturated rings. The standard InChI is InChI=1S/C20H20F3N5O2/c1-30-16-7-17(24-9-14(16)11-2-4-20(22,23)5-3-11)28-19(29)27-15-10-26-18-13(15)6-12(21)8-25-18/h6-11H,2-5H2,1H3,(H,25,26)(H2,24,27,28,29). The summed E-state index contributed by atoms with van der Waals surface area (Å²) in [4.78, 5) is 23.3. The number of carbonyl (C=O) groups is 1. The first-order chi connectivity index (χ1) is 14.3. The maximum Gasteiger partial charge on any atom is 0.324 e. The van der Waals surface area contributed by atoms with Crippen LogP contribution in [0.15, 0.2) is 30.7 Å². The molecule has 0 aliphatic heterocycles. The van der Waals surface area contributed by atoms with Gasteiger partial charge in [-0.1, -0.05) is 0 Å². The summed E-state index contributed by atoms with van der Waals surface area (Å²) in [6.45, 7) is 0. The number of alkyl halides is 2. The van der Waals surface area contributed by atoms with Crippen molar-refractivity contribution in [3.63, 3.8) is 0 Å². The molecule has 0 atom stereocenters. The Morgan fingerprint density at radius 2 is 1.97 bits per heavy atom. The molecule has 3 N–H and O–H groups in total. The average Bonchev–Trinajstić information content (AvgIpc) is 3.10. The largest absolute Gasteiger partial charge is 0.496 e. The summed E-state index contributed by atoms with van der Waals surface area (Å²) < 4.78 is 45.7. The second-order valence-electron chi connectivity index (χ2n) is 7.27. The van der Waals surface area contributed by atoms with Crippen LogP contribution in [0.1, 0.15) is 37.2 Å². The zero-order valence-electron chi connectivity index (χ0n) is 16.1. The molecule has 3 aromatic rings. The van der Waals surface area contributed by atoms with E-state index in [0.29, 0.717) is 35.3 Å². The number of H-pyrrole nitrogens is 1. The quantitative estimate of drug-likeness (QED) is 0.552. The number of aromatic nitrogens is 3. The van der Waals surface area contributed by atoms with Gasteiger partial charge in [-0.2, -0.15) is 0 Å². The number of rotatable bonds is 4. The van der Waals surface area contributed by atoms with E-state index >= 15 is 0 Å². The first kappa shape index (κ1) is 20.0. The molecule has 0 unspecified atom stereocenters. The number of hydrogen-bond donors (Lipinski definition) is 3. The van der Waals surface area contributed by atoms with Gasteiger partial charge in [-0.3, -0.25) is 5.32 Å². The van der Waals surface area contributed by atoms with Gasteiger partial charge < -0.3 is 15.0 Å². The van der Waals surface area contributed by atoms with E-state index in [2.05, 4.69) is 25.6 Å². The molecule has 2 amide bonds.